The van der Waals surface area contributed by atoms with Gasteiger partial charge in [0.25, 0.3) is 0 Å². The molecule has 2 heterocycles. The van der Waals surface area contributed by atoms with Gasteiger partial charge < -0.3 is 8.98 Å². The van der Waals surface area contributed by atoms with Crippen LogP contribution in [0, 0.1) is 13.8 Å². The molecule has 4 heteroatoms. The lowest BCUT2D eigenvalue weighted by molar-refractivity contribution is 0.0942. The molecule has 0 bridgehead atoms. The van der Waals surface area contributed by atoms with Crippen molar-refractivity contribution in [2.75, 3.05) is 13.6 Å². The minimum atomic E-state index is 0.170. The van der Waals surface area contributed by atoms with E-state index in [1.807, 2.05) is 37.9 Å². The Hall–Kier alpha value is -1.81. The van der Waals surface area contributed by atoms with E-state index in [2.05, 4.69) is 11.5 Å². The third kappa shape index (κ3) is 3.02. The van der Waals surface area contributed by atoms with Gasteiger partial charge in [0.2, 0.25) is 0 Å². The number of nitrogens with zero attached hydrogens (tertiary/aromatic N) is 2. The highest BCUT2D eigenvalue weighted by Gasteiger charge is 2.16. The molecule has 0 saturated carbocycles. The Labute approximate surface area is 120 Å². The quantitative estimate of drug-likeness (QED) is 0.760. The maximum absolute atomic E-state index is 12.4. The Balaban J connectivity index is 2.04. The maximum Gasteiger partial charge on any atom is 0.178 e. The largest absolute Gasteiger partial charge is 0.472 e. The van der Waals surface area contributed by atoms with Crippen molar-refractivity contribution in [3.05, 3.63) is 47.2 Å². The zero-order valence-corrected chi connectivity index (χ0v) is 12.6. The van der Waals surface area contributed by atoms with Crippen LogP contribution in [0.3, 0.4) is 0 Å². The number of aromatic nitrogens is 1. The highest BCUT2D eigenvalue weighted by Crippen LogP contribution is 2.16. The van der Waals surface area contributed by atoms with Crippen LogP contribution < -0.4 is 0 Å². The van der Waals surface area contributed by atoms with Gasteiger partial charge in [-0.1, -0.05) is 0 Å². The summed E-state index contributed by atoms with van der Waals surface area (Å²) < 4.78 is 7.21. The number of hydrogen-bond donors (Lipinski definition) is 0. The molecule has 0 fully saturated rings. The van der Waals surface area contributed by atoms with Gasteiger partial charge in [-0.25, -0.2) is 0 Å². The van der Waals surface area contributed by atoms with Gasteiger partial charge in [0.05, 0.1) is 19.1 Å². The predicted octanol–water partition coefficient (Wildman–Crippen LogP) is 3.03. The minimum absolute atomic E-state index is 0.170. The van der Waals surface area contributed by atoms with Crippen molar-refractivity contribution in [1.29, 1.82) is 0 Å². The number of Topliss-reactive ketones (excluding diaryl/α,β-unsaturated/α-hetero) is 1. The number of hydrogen-bond acceptors (Lipinski definition) is 3. The van der Waals surface area contributed by atoms with E-state index in [4.69, 9.17) is 4.42 Å². The van der Waals surface area contributed by atoms with E-state index in [1.54, 1.807) is 12.5 Å². The van der Waals surface area contributed by atoms with Crippen molar-refractivity contribution in [2.24, 2.45) is 0 Å². The summed E-state index contributed by atoms with van der Waals surface area (Å²) in [6.07, 6.45) is 3.36. The van der Waals surface area contributed by atoms with Gasteiger partial charge in [0.1, 0.15) is 0 Å². The van der Waals surface area contributed by atoms with Gasteiger partial charge in [0, 0.05) is 35.6 Å². The monoisotopic (exact) mass is 274 g/mol. The topological polar surface area (TPSA) is 38.4 Å². The van der Waals surface area contributed by atoms with Gasteiger partial charge >= 0.3 is 0 Å². The van der Waals surface area contributed by atoms with E-state index in [0.29, 0.717) is 6.54 Å². The number of aryl methyl sites for hydroxylation is 1. The molecule has 108 valence electrons. The van der Waals surface area contributed by atoms with Gasteiger partial charge in [-0.2, -0.15) is 0 Å². The first kappa shape index (κ1) is 14.6. The summed E-state index contributed by atoms with van der Waals surface area (Å²) in [6, 6.07) is 3.91. The molecule has 0 amide bonds. The molecule has 20 heavy (non-hydrogen) atoms. The first-order valence-electron chi connectivity index (χ1n) is 6.92. The smallest absolute Gasteiger partial charge is 0.178 e. The summed E-state index contributed by atoms with van der Waals surface area (Å²) in [5, 5.41) is 0. The van der Waals surface area contributed by atoms with Crippen molar-refractivity contribution >= 4 is 5.78 Å². The first-order chi connectivity index (χ1) is 9.52. The average Bonchev–Trinajstić information content (AvgIpc) is 2.97. The summed E-state index contributed by atoms with van der Waals surface area (Å²) in [7, 11) is 1.95. The summed E-state index contributed by atoms with van der Waals surface area (Å²) in [5.74, 6) is 0.170. The molecule has 2 rings (SSSR count). The highest BCUT2D eigenvalue weighted by molar-refractivity contribution is 5.99. The van der Waals surface area contributed by atoms with Gasteiger partial charge in [-0.15, -0.1) is 0 Å². The second-order valence-electron chi connectivity index (χ2n) is 5.26. The highest BCUT2D eigenvalue weighted by atomic mass is 16.3. The number of carbonyl (C=O) groups is 1. The predicted molar refractivity (Wildman–Crippen MR) is 79.0 cm³/mol. The zero-order chi connectivity index (χ0) is 14.7. The van der Waals surface area contributed by atoms with Crippen molar-refractivity contribution in [2.45, 2.75) is 33.9 Å². The van der Waals surface area contributed by atoms with Crippen LogP contribution in [-0.4, -0.2) is 28.8 Å². The second-order valence-corrected chi connectivity index (χ2v) is 5.26. The normalized spacial score (nSPS) is 11.2. The molecule has 0 aliphatic rings. The van der Waals surface area contributed by atoms with Crippen LogP contribution in [0.2, 0.25) is 0 Å². The molecule has 4 nitrogen and oxygen atoms in total. The third-order valence-electron chi connectivity index (χ3n) is 3.64. The SMILES string of the molecule is CCn1c(C)cc(C(=O)CN(C)Cc2ccoc2)c1C. The summed E-state index contributed by atoms with van der Waals surface area (Å²) >= 11 is 0. The van der Waals surface area contributed by atoms with Crippen LogP contribution in [0.1, 0.15) is 34.2 Å². The molecule has 0 unspecified atom stereocenters. The molecule has 0 aliphatic carbocycles. The van der Waals surface area contributed by atoms with Crippen molar-refractivity contribution in [3.63, 3.8) is 0 Å². The number of rotatable bonds is 6. The van der Waals surface area contributed by atoms with Gasteiger partial charge in [-0.05, 0) is 40.0 Å². The second kappa shape index (κ2) is 6.09. The molecule has 0 spiro atoms. The lowest BCUT2D eigenvalue weighted by Gasteiger charge is -2.14. The number of ketones is 1. The molecule has 2 aromatic heterocycles. The summed E-state index contributed by atoms with van der Waals surface area (Å²) in [6.45, 7) is 8.19. The van der Waals surface area contributed by atoms with Crippen LogP contribution in [0.4, 0.5) is 0 Å². The molecule has 0 aliphatic heterocycles. The van der Waals surface area contributed by atoms with Crippen molar-refractivity contribution in [3.8, 4) is 0 Å². The Morgan fingerprint density at radius 1 is 1.40 bits per heavy atom. The van der Waals surface area contributed by atoms with E-state index in [9.17, 15) is 4.79 Å². The summed E-state index contributed by atoms with van der Waals surface area (Å²) in [4.78, 5) is 14.4. The number of carbonyl (C=O) groups excluding carboxylic acids is 1. The van der Waals surface area contributed by atoms with E-state index >= 15 is 0 Å². The Morgan fingerprint density at radius 2 is 2.15 bits per heavy atom. The van der Waals surface area contributed by atoms with Crippen LogP contribution in [0.15, 0.2) is 29.1 Å². The maximum atomic E-state index is 12.4. The molecular weight excluding hydrogens is 252 g/mol. The van der Waals surface area contributed by atoms with Crippen LogP contribution >= 0.6 is 0 Å². The molecule has 0 atom stereocenters. The standard InChI is InChI=1S/C16H22N2O2/c1-5-18-12(2)8-15(13(18)3)16(19)10-17(4)9-14-6-7-20-11-14/h6-8,11H,5,9-10H2,1-4H3. The van der Waals surface area contributed by atoms with Crippen molar-refractivity contribution in [1.82, 2.24) is 9.47 Å². The molecule has 2 aromatic rings. The Bertz CT molecular complexity index is 582. The Morgan fingerprint density at radius 3 is 2.70 bits per heavy atom. The van der Waals surface area contributed by atoms with Crippen molar-refractivity contribution < 1.29 is 9.21 Å². The fraction of sp³-hybridized carbons (Fsp3) is 0.438. The first-order valence-corrected chi connectivity index (χ1v) is 6.92. The van der Waals surface area contributed by atoms with Crippen LogP contribution in [-0.2, 0) is 13.1 Å². The minimum Gasteiger partial charge on any atom is -0.472 e. The fourth-order valence-electron chi connectivity index (χ4n) is 2.65. The number of furan rings is 1. The molecule has 0 saturated heterocycles. The molecule has 0 N–H and O–H groups in total. The lowest BCUT2D eigenvalue weighted by Crippen LogP contribution is -2.25. The molecule has 0 radical (unpaired) electrons. The van der Waals surface area contributed by atoms with E-state index < -0.39 is 0 Å². The lowest BCUT2D eigenvalue weighted by atomic mass is 10.1. The van der Waals surface area contributed by atoms with E-state index in [0.717, 1.165) is 35.6 Å². The van der Waals surface area contributed by atoms with Gasteiger partial charge in [0.15, 0.2) is 5.78 Å². The average molecular weight is 274 g/mol. The van der Waals surface area contributed by atoms with Gasteiger partial charge in [-0.3, -0.25) is 9.69 Å². The van der Waals surface area contributed by atoms with Crippen LogP contribution in [0.25, 0.3) is 0 Å². The zero-order valence-electron chi connectivity index (χ0n) is 12.6. The van der Waals surface area contributed by atoms with E-state index in [1.165, 1.54) is 0 Å². The van der Waals surface area contributed by atoms with Crippen LogP contribution in [0.5, 0.6) is 0 Å². The number of likely N-dealkylation sites (N-methyl/N-ethyl adjacent to an activating group) is 1. The van der Waals surface area contributed by atoms with E-state index in [-0.39, 0.29) is 5.78 Å². The Kier molecular flexibility index (Phi) is 4.45. The molecule has 0 aromatic carbocycles. The summed E-state index contributed by atoms with van der Waals surface area (Å²) in [5.41, 5.74) is 4.13. The fourth-order valence-corrected chi connectivity index (χ4v) is 2.65. The third-order valence-corrected chi connectivity index (χ3v) is 3.64. The molecular formula is C16H22N2O2.